The Morgan fingerprint density at radius 1 is 0.955 bits per heavy atom. The Bertz CT molecular complexity index is 406. The average molecular weight is 324 g/mol. The van der Waals surface area contributed by atoms with E-state index in [1.165, 1.54) is 56.1 Å². The minimum Gasteiger partial charge on any atom is -0.313 e. The predicted octanol–water partition coefficient (Wildman–Crippen LogP) is 4.80. The van der Waals surface area contributed by atoms with Gasteiger partial charge in [0.15, 0.2) is 6.16 Å². The van der Waals surface area contributed by atoms with Crippen LogP contribution in [0.3, 0.4) is 0 Å². The van der Waals surface area contributed by atoms with Gasteiger partial charge >= 0.3 is 8.03 Å². The van der Waals surface area contributed by atoms with E-state index in [1.807, 2.05) is 0 Å². The van der Waals surface area contributed by atoms with Crippen LogP contribution >= 0.6 is 8.03 Å². The van der Waals surface area contributed by atoms with Crippen molar-refractivity contribution in [1.82, 2.24) is 5.32 Å². The minimum absolute atomic E-state index is 0.388. The Morgan fingerprint density at radius 2 is 1.59 bits per heavy atom. The Morgan fingerprint density at radius 3 is 2.27 bits per heavy atom. The second-order valence-corrected chi connectivity index (χ2v) is 7.09. The van der Waals surface area contributed by atoms with Gasteiger partial charge in [-0.2, -0.15) is 4.89 Å². The fraction of sp³-hybridized carbons (Fsp3) is 0.667. The molecule has 4 heteroatoms. The van der Waals surface area contributed by atoms with Gasteiger partial charge in [0.05, 0.1) is 0 Å². The lowest BCUT2D eigenvalue weighted by Gasteiger charge is -2.06. The van der Waals surface area contributed by atoms with Crippen molar-refractivity contribution in [2.45, 2.75) is 64.8 Å². The van der Waals surface area contributed by atoms with Crippen molar-refractivity contribution in [2.24, 2.45) is 0 Å². The molecule has 1 unspecified atom stereocenters. The lowest BCUT2D eigenvalue weighted by atomic mass is 10.0. The van der Waals surface area contributed by atoms with Crippen molar-refractivity contribution in [3.05, 3.63) is 35.4 Å². The third-order valence-corrected chi connectivity index (χ3v) is 4.57. The summed E-state index contributed by atoms with van der Waals surface area (Å²) < 4.78 is 10.6. The summed E-state index contributed by atoms with van der Waals surface area (Å²) in [6, 6.07) is 8.83. The van der Waals surface area contributed by atoms with Gasteiger partial charge in [0.2, 0.25) is 0 Å². The van der Waals surface area contributed by atoms with Gasteiger partial charge in [0.1, 0.15) is 0 Å². The summed E-state index contributed by atoms with van der Waals surface area (Å²) in [5.41, 5.74) is 2.71. The first-order valence-corrected chi connectivity index (χ1v) is 10.0. The summed E-state index contributed by atoms with van der Waals surface area (Å²) in [7, 11) is -1.98. The van der Waals surface area contributed by atoms with E-state index in [4.69, 9.17) is 4.89 Å². The molecule has 0 amide bonds. The SMILES string of the molecule is CCCCCCCCc1ccc(CNCCC[P+](=O)O)cc1. The third kappa shape index (κ3) is 10.0. The van der Waals surface area contributed by atoms with Crippen LogP contribution in [0.15, 0.2) is 24.3 Å². The molecular weight excluding hydrogens is 293 g/mol. The van der Waals surface area contributed by atoms with Gasteiger partial charge in [0, 0.05) is 13.0 Å². The molecule has 0 aliphatic rings. The number of unbranched alkanes of at least 4 members (excludes halogenated alkanes) is 5. The molecule has 0 aliphatic heterocycles. The molecule has 1 atom stereocenters. The van der Waals surface area contributed by atoms with E-state index in [0.29, 0.717) is 6.16 Å². The molecule has 2 N–H and O–H groups in total. The normalized spacial score (nSPS) is 11.6. The second-order valence-electron chi connectivity index (χ2n) is 5.94. The van der Waals surface area contributed by atoms with Crippen molar-refractivity contribution < 1.29 is 9.46 Å². The molecule has 0 bridgehead atoms. The number of hydrogen-bond donors (Lipinski definition) is 2. The quantitative estimate of drug-likeness (QED) is 0.404. The molecule has 124 valence electrons. The molecule has 0 radical (unpaired) electrons. The van der Waals surface area contributed by atoms with Crippen LogP contribution in [0, 0.1) is 0 Å². The van der Waals surface area contributed by atoms with Crippen LogP contribution in [0.1, 0.15) is 63.0 Å². The van der Waals surface area contributed by atoms with Crippen LogP contribution in [0.25, 0.3) is 0 Å². The number of rotatable bonds is 13. The first-order valence-electron chi connectivity index (χ1n) is 8.64. The topological polar surface area (TPSA) is 49.3 Å². The number of hydrogen-bond acceptors (Lipinski definition) is 2. The Labute approximate surface area is 136 Å². The highest BCUT2D eigenvalue weighted by Crippen LogP contribution is 2.13. The highest BCUT2D eigenvalue weighted by atomic mass is 31.1. The van der Waals surface area contributed by atoms with Gasteiger partial charge in [-0.05, 0) is 35.1 Å². The van der Waals surface area contributed by atoms with Crippen molar-refractivity contribution >= 4 is 8.03 Å². The van der Waals surface area contributed by atoms with Crippen LogP contribution in [-0.4, -0.2) is 17.6 Å². The zero-order valence-corrected chi connectivity index (χ0v) is 14.8. The number of aryl methyl sites for hydroxylation is 1. The summed E-state index contributed by atoms with van der Waals surface area (Å²) in [5, 5.41) is 3.31. The van der Waals surface area contributed by atoms with Crippen LogP contribution < -0.4 is 5.32 Å². The molecular formula is C18H31NO2P+. The second kappa shape index (κ2) is 12.8. The molecule has 0 aliphatic carbocycles. The molecule has 0 fully saturated rings. The van der Waals surface area contributed by atoms with Crippen molar-refractivity contribution in [3.8, 4) is 0 Å². The molecule has 1 aromatic carbocycles. The molecule has 22 heavy (non-hydrogen) atoms. The molecule has 0 heterocycles. The molecule has 0 saturated heterocycles. The van der Waals surface area contributed by atoms with Gasteiger partial charge in [-0.15, -0.1) is 0 Å². The summed E-state index contributed by atoms with van der Waals surface area (Å²) in [6.07, 6.45) is 10.4. The molecule has 0 saturated carbocycles. The first-order chi connectivity index (χ1) is 10.7. The summed E-state index contributed by atoms with van der Waals surface area (Å²) in [4.78, 5) is 8.71. The van der Waals surface area contributed by atoms with Gasteiger partial charge in [-0.3, -0.25) is 0 Å². The molecule has 1 aromatic rings. The Hall–Kier alpha value is -0.760. The number of benzene rings is 1. The van der Waals surface area contributed by atoms with Crippen LogP contribution in [0.4, 0.5) is 0 Å². The minimum atomic E-state index is -1.98. The first kappa shape index (κ1) is 19.3. The Balaban J connectivity index is 2.10. The average Bonchev–Trinajstić information content (AvgIpc) is 2.51. The summed E-state index contributed by atoms with van der Waals surface area (Å²) in [5.74, 6) is 0. The van der Waals surface area contributed by atoms with Gasteiger partial charge in [-0.1, -0.05) is 63.3 Å². The van der Waals surface area contributed by atoms with Crippen molar-refractivity contribution in [2.75, 3.05) is 12.7 Å². The van der Waals surface area contributed by atoms with Crippen molar-refractivity contribution in [3.63, 3.8) is 0 Å². The van der Waals surface area contributed by atoms with Crippen LogP contribution in [0.5, 0.6) is 0 Å². The smallest absolute Gasteiger partial charge is 0.313 e. The summed E-state index contributed by atoms with van der Waals surface area (Å²) >= 11 is 0. The van der Waals surface area contributed by atoms with E-state index >= 15 is 0 Å². The zero-order chi connectivity index (χ0) is 16.0. The van der Waals surface area contributed by atoms with Crippen LogP contribution in [0.2, 0.25) is 0 Å². The maximum absolute atomic E-state index is 10.6. The monoisotopic (exact) mass is 324 g/mol. The van der Waals surface area contributed by atoms with Gasteiger partial charge in [0.25, 0.3) is 0 Å². The third-order valence-electron chi connectivity index (χ3n) is 3.87. The highest BCUT2D eigenvalue weighted by Gasteiger charge is 2.07. The summed E-state index contributed by atoms with van der Waals surface area (Å²) in [6.45, 7) is 3.88. The molecule has 0 spiro atoms. The van der Waals surface area contributed by atoms with Gasteiger partial charge < -0.3 is 5.32 Å². The fourth-order valence-electron chi connectivity index (χ4n) is 2.51. The molecule has 3 nitrogen and oxygen atoms in total. The lowest BCUT2D eigenvalue weighted by Crippen LogP contribution is -2.15. The van der Waals surface area contributed by atoms with Crippen LogP contribution in [-0.2, 0) is 17.5 Å². The largest absolute Gasteiger partial charge is 0.505 e. The maximum atomic E-state index is 10.6. The predicted molar refractivity (Wildman–Crippen MR) is 94.5 cm³/mol. The van der Waals surface area contributed by atoms with E-state index in [0.717, 1.165) is 19.5 Å². The molecule has 1 rings (SSSR count). The van der Waals surface area contributed by atoms with E-state index in [-0.39, 0.29) is 0 Å². The van der Waals surface area contributed by atoms with E-state index < -0.39 is 8.03 Å². The Kier molecular flexibility index (Phi) is 11.2. The van der Waals surface area contributed by atoms with E-state index in [1.54, 1.807) is 0 Å². The highest BCUT2D eigenvalue weighted by molar-refractivity contribution is 7.37. The van der Waals surface area contributed by atoms with E-state index in [2.05, 4.69) is 36.5 Å². The fourth-order valence-corrected chi connectivity index (χ4v) is 2.93. The maximum Gasteiger partial charge on any atom is 0.505 e. The molecule has 0 aromatic heterocycles. The lowest BCUT2D eigenvalue weighted by molar-refractivity contribution is 0.499. The zero-order valence-electron chi connectivity index (χ0n) is 13.9. The van der Waals surface area contributed by atoms with E-state index in [9.17, 15) is 4.57 Å². The standard InChI is InChI=1S/C18H30NO2P/c1-2-3-4-5-6-7-9-17-10-12-18(13-11-17)16-19-14-8-15-22(20)21/h10-13,19H,2-9,14-16H2,1H3/p+1. The number of nitrogens with one attached hydrogen (secondary N) is 1. The van der Waals surface area contributed by atoms with Gasteiger partial charge in [-0.25, -0.2) is 0 Å². The van der Waals surface area contributed by atoms with Crippen molar-refractivity contribution in [1.29, 1.82) is 0 Å².